The van der Waals surface area contributed by atoms with E-state index in [1.54, 1.807) is 0 Å². The largest absolute Gasteiger partial charge is 0.459 e. The summed E-state index contributed by atoms with van der Waals surface area (Å²) >= 11 is 5.38. The van der Waals surface area contributed by atoms with E-state index in [2.05, 4.69) is 5.32 Å². The van der Waals surface area contributed by atoms with Gasteiger partial charge >= 0.3 is 0 Å². The molecule has 2 rings (SSSR count). The van der Waals surface area contributed by atoms with Crippen LogP contribution in [0.3, 0.4) is 0 Å². The highest BCUT2D eigenvalue weighted by Crippen LogP contribution is 2.21. The monoisotopic (exact) mass is 249 g/mol. The fourth-order valence-corrected chi connectivity index (χ4v) is 1.56. The number of benzene rings is 1. The van der Waals surface area contributed by atoms with E-state index in [4.69, 9.17) is 16.0 Å². The molecule has 0 saturated carbocycles. The third-order valence-electron chi connectivity index (χ3n) is 2.30. The number of nitrogens with one attached hydrogen (secondary N) is 1. The lowest BCUT2D eigenvalue weighted by molar-refractivity contribution is -0.118. The van der Waals surface area contributed by atoms with Gasteiger partial charge in [-0.15, -0.1) is 11.6 Å². The summed E-state index contributed by atoms with van der Waals surface area (Å²) in [6.45, 7) is 0.360. The molecule has 4 heteroatoms. The smallest absolute Gasteiger partial charge is 0.235 e. The molecule has 0 bridgehead atoms. The maximum Gasteiger partial charge on any atom is 0.235 e. The highest BCUT2D eigenvalue weighted by atomic mass is 35.5. The first-order valence-corrected chi connectivity index (χ1v) is 5.80. The predicted octanol–water partition coefficient (Wildman–Crippen LogP) is 2.80. The van der Waals surface area contributed by atoms with Gasteiger partial charge in [0.25, 0.3) is 0 Å². The fraction of sp³-hybridized carbons (Fsp3) is 0.154. The van der Waals surface area contributed by atoms with Crippen LogP contribution < -0.4 is 5.32 Å². The van der Waals surface area contributed by atoms with E-state index in [0.717, 1.165) is 11.3 Å². The molecule has 2 aromatic rings. The van der Waals surface area contributed by atoms with Gasteiger partial charge in [-0.3, -0.25) is 4.79 Å². The molecule has 1 aromatic heterocycles. The van der Waals surface area contributed by atoms with Crippen molar-refractivity contribution in [1.82, 2.24) is 5.32 Å². The van der Waals surface area contributed by atoms with Gasteiger partial charge in [-0.05, 0) is 12.1 Å². The molecule has 1 amide bonds. The molecule has 0 fully saturated rings. The minimum Gasteiger partial charge on any atom is -0.459 e. The van der Waals surface area contributed by atoms with Gasteiger partial charge in [0.15, 0.2) is 0 Å². The lowest BCUT2D eigenvalue weighted by Crippen LogP contribution is -2.23. The quantitative estimate of drug-likeness (QED) is 0.847. The second-order valence-electron chi connectivity index (χ2n) is 3.54. The van der Waals surface area contributed by atoms with Crippen molar-refractivity contribution in [3.63, 3.8) is 0 Å². The number of rotatable bonds is 4. The Morgan fingerprint density at radius 3 is 2.65 bits per heavy atom. The van der Waals surface area contributed by atoms with Crippen LogP contribution in [0.2, 0.25) is 0 Å². The van der Waals surface area contributed by atoms with Crippen molar-refractivity contribution in [3.8, 4) is 11.3 Å². The molecule has 17 heavy (non-hydrogen) atoms. The molecule has 3 nitrogen and oxygen atoms in total. The first-order valence-electron chi connectivity index (χ1n) is 5.26. The SMILES string of the molecule is O=C(CCl)NCc1ccc(-c2ccccc2)o1. The Hall–Kier alpha value is -1.74. The zero-order chi connectivity index (χ0) is 12.1. The van der Waals surface area contributed by atoms with E-state index < -0.39 is 0 Å². The van der Waals surface area contributed by atoms with Crippen molar-refractivity contribution in [2.75, 3.05) is 5.88 Å². The number of carbonyl (C=O) groups excluding carboxylic acids is 1. The van der Waals surface area contributed by atoms with Crippen molar-refractivity contribution in [3.05, 3.63) is 48.2 Å². The van der Waals surface area contributed by atoms with Crippen LogP contribution in [0.25, 0.3) is 11.3 Å². The van der Waals surface area contributed by atoms with Crippen molar-refractivity contribution in [1.29, 1.82) is 0 Å². The minimum absolute atomic E-state index is 0.0355. The van der Waals surface area contributed by atoms with Crippen LogP contribution in [0.4, 0.5) is 0 Å². The van der Waals surface area contributed by atoms with Crippen molar-refractivity contribution < 1.29 is 9.21 Å². The summed E-state index contributed by atoms with van der Waals surface area (Å²) in [6.07, 6.45) is 0. The molecule has 0 saturated heterocycles. The van der Waals surface area contributed by atoms with E-state index >= 15 is 0 Å². The minimum atomic E-state index is -0.204. The van der Waals surface area contributed by atoms with Crippen LogP contribution in [0.15, 0.2) is 46.9 Å². The van der Waals surface area contributed by atoms with Crippen LogP contribution in [0.5, 0.6) is 0 Å². The summed E-state index contributed by atoms with van der Waals surface area (Å²) in [7, 11) is 0. The number of hydrogen-bond donors (Lipinski definition) is 1. The van der Waals surface area contributed by atoms with Crippen molar-refractivity contribution >= 4 is 17.5 Å². The number of alkyl halides is 1. The number of furan rings is 1. The third-order valence-corrected chi connectivity index (χ3v) is 2.54. The Morgan fingerprint density at radius 1 is 1.18 bits per heavy atom. The van der Waals surface area contributed by atoms with Gasteiger partial charge in [0.1, 0.15) is 17.4 Å². The highest BCUT2D eigenvalue weighted by Gasteiger charge is 2.05. The summed E-state index contributed by atoms with van der Waals surface area (Å²) < 4.78 is 5.61. The van der Waals surface area contributed by atoms with E-state index in [9.17, 15) is 4.79 Å². The fourth-order valence-electron chi connectivity index (χ4n) is 1.46. The second kappa shape index (κ2) is 5.55. The Morgan fingerprint density at radius 2 is 1.94 bits per heavy atom. The van der Waals surface area contributed by atoms with Crippen LogP contribution in [-0.2, 0) is 11.3 Å². The van der Waals surface area contributed by atoms with Crippen LogP contribution >= 0.6 is 11.6 Å². The normalized spacial score (nSPS) is 10.2. The molecule has 1 N–H and O–H groups in total. The highest BCUT2D eigenvalue weighted by molar-refractivity contribution is 6.27. The summed E-state index contributed by atoms with van der Waals surface area (Å²) in [5.74, 6) is 1.26. The molecule has 0 aliphatic carbocycles. The van der Waals surface area contributed by atoms with E-state index in [1.165, 1.54) is 0 Å². The van der Waals surface area contributed by atoms with Crippen LogP contribution in [0.1, 0.15) is 5.76 Å². The van der Waals surface area contributed by atoms with Crippen molar-refractivity contribution in [2.45, 2.75) is 6.54 Å². The molecule has 1 aromatic carbocycles. The van der Waals surface area contributed by atoms with Gasteiger partial charge in [-0.25, -0.2) is 0 Å². The Labute approximate surface area is 104 Å². The Bertz CT molecular complexity index is 493. The van der Waals surface area contributed by atoms with Crippen LogP contribution in [0, 0.1) is 0 Å². The molecule has 0 aliphatic heterocycles. The zero-order valence-corrected chi connectivity index (χ0v) is 9.91. The van der Waals surface area contributed by atoms with Gasteiger partial charge < -0.3 is 9.73 Å². The van der Waals surface area contributed by atoms with Gasteiger partial charge in [-0.2, -0.15) is 0 Å². The number of hydrogen-bond acceptors (Lipinski definition) is 2. The van der Waals surface area contributed by atoms with E-state index in [-0.39, 0.29) is 11.8 Å². The zero-order valence-electron chi connectivity index (χ0n) is 9.15. The van der Waals surface area contributed by atoms with Gasteiger partial charge in [0, 0.05) is 5.56 Å². The third kappa shape index (κ3) is 3.11. The predicted molar refractivity (Wildman–Crippen MR) is 66.7 cm³/mol. The average molecular weight is 250 g/mol. The molecule has 88 valence electrons. The average Bonchev–Trinajstić information content (AvgIpc) is 2.86. The molecule has 1 heterocycles. The number of halogens is 1. The van der Waals surface area contributed by atoms with E-state index in [1.807, 2.05) is 42.5 Å². The lowest BCUT2D eigenvalue weighted by atomic mass is 10.2. The first kappa shape index (κ1) is 11.7. The summed E-state index contributed by atoms with van der Waals surface area (Å²) in [5, 5.41) is 2.65. The topological polar surface area (TPSA) is 42.2 Å². The molecule has 0 radical (unpaired) electrons. The van der Waals surface area contributed by atoms with E-state index in [0.29, 0.717) is 12.3 Å². The van der Waals surface area contributed by atoms with Gasteiger partial charge in [-0.1, -0.05) is 30.3 Å². The number of amides is 1. The van der Waals surface area contributed by atoms with Gasteiger partial charge in [0.2, 0.25) is 5.91 Å². The Balaban J connectivity index is 2.04. The maximum atomic E-state index is 11.0. The Kier molecular flexibility index (Phi) is 3.83. The molecule has 0 unspecified atom stereocenters. The molecule has 0 spiro atoms. The van der Waals surface area contributed by atoms with Crippen molar-refractivity contribution in [2.24, 2.45) is 0 Å². The molecule has 0 atom stereocenters. The molecule has 0 aliphatic rings. The number of carbonyl (C=O) groups is 1. The maximum absolute atomic E-state index is 11.0. The first-order chi connectivity index (χ1) is 8.29. The second-order valence-corrected chi connectivity index (χ2v) is 3.81. The van der Waals surface area contributed by atoms with Gasteiger partial charge in [0.05, 0.1) is 6.54 Å². The molecular formula is C13H12ClNO2. The summed E-state index contributed by atoms with van der Waals surface area (Å²) in [6, 6.07) is 13.5. The molecular weight excluding hydrogens is 238 g/mol. The summed E-state index contributed by atoms with van der Waals surface area (Å²) in [5.41, 5.74) is 1.02. The standard InChI is InChI=1S/C13H12ClNO2/c14-8-13(16)15-9-11-6-7-12(17-11)10-4-2-1-3-5-10/h1-7H,8-9H2,(H,15,16). The lowest BCUT2D eigenvalue weighted by Gasteiger charge is -1.99. The van der Waals surface area contributed by atoms with Crippen LogP contribution in [-0.4, -0.2) is 11.8 Å². The summed E-state index contributed by atoms with van der Waals surface area (Å²) in [4.78, 5) is 11.0.